The first-order valence-corrected chi connectivity index (χ1v) is 11.4. The summed E-state index contributed by atoms with van der Waals surface area (Å²) >= 11 is 0. The largest absolute Gasteiger partial charge is 0.369 e. The van der Waals surface area contributed by atoms with Gasteiger partial charge in [0.1, 0.15) is 0 Å². The van der Waals surface area contributed by atoms with Gasteiger partial charge in [-0.1, -0.05) is 6.92 Å². The van der Waals surface area contributed by atoms with E-state index in [1.807, 2.05) is 0 Å². The highest BCUT2D eigenvalue weighted by atomic mass is 16.2. The Hall–Kier alpha value is -1.55. The first kappa shape index (κ1) is 19.8. The van der Waals surface area contributed by atoms with Crippen LogP contribution in [0.3, 0.4) is 0 Å². The molecule has 0 bridgehead atoms. The van der Waals surface area contributed by atoms with Crippen LogP contribution in [-0.4, -0.2) is 60.0 Å². The van der Waals surface area contributed by atoms with Crippen LogP contribution < -0.4 is 4.90 Å². The highest BCUT2D eigenvalue weighted by Crippen LogP contribution is 2.36. The van der Waals surface area contributed by atoms with Crippen LogP contribution >= 0.6 is 0 Å². The summed E-state index contributed by atoms with van der Waals surface area (Å²) in [5.74, 6) is 1.08. The lowest BCUT2D eigenvalue weighted by Gasteiger charge is -2.38. The van der Waals surface area contributed by atoms with Gasteiger partial charge in [0.15, 0.2) is 0 Å². The number of rotatable bonds is 5. The van der Waals surface area contributed by atoms with Gasteiger partial charge in [-0.05, 0) is 82.6 Å². The van der Waals surface area contributed by atoms with Crippen LogP contribution in [0.1, 0.15) is 69.7 Å². The molecule has 1 heterocycles. The molecule has 0 radical (unpaired) electrons. The second-order valence-corrected chi connectivity index (χ2v) is 9.52. The van der Waals surface area contributed by atoms with E-state index in [2.05, 4.69) is 59.7 Å². The summed E-state index contributed by atoms with van der Waals surface area (Å²) in [6.45, 7) is 11.3. The van der Waals surface area contributed by atoms with Crippen LogP contribution in [0, 0.1) is 5.92 Å². The third-order valence-corrected chi connectivity index (χ3v) is 7.08. The summed E-state index contributed by atoms with van der Waals surface area (Å²) in [6.07, 6.45) is 7.28. The fourth-order valence-corrected chi connectivity index (χ4v) is 4.96. The van der Waals surface area contributed by atoms with E-state index in [4.69, 9.17) is 0 Å². The van der Waals surface area contributed by atoms with E-state index in [9.17, 15) is 4.79 Å². The molecule has 0 spiro atoms. The predicted octanol–water partition coefficient (Wildman–Crippen LogP) is 4.40. The molecule has 1 aliphatic heterocycles. The fraction of sp³-hybridized carbons (Fsp3) is 0.708. The summed E-state index contributed by atoms with van der Waals surface area (Å²) in [7, 11) is 0. The number of nitrogens with zero attached hydrogens (tertiary/aromatic N) is 3. The van der Waals surface area contributed by atoms with Crippen LogP contribution in [0.4, 0.5) is 5.69 Å². The highest BCUT2D eigenvalue weighted by molar-refractivity contribution is 5.95. The Morgan fingerprint density at radius 3 is 1.93 bits per heavy atom. The standard InChI is InChI=1S/C24H37N3O/c1-18(2)25-14-16-26(17-15-25)21-10-6-20(7-11-21)24(28)27(23-12-13-23)22-8-4-19(3)5-9-22/h6-7,10-11,18-19,22-23H,4-5,8-9,12-17H2,1-3H3. The van der Waals surface area contributed by atoms with Gasteiger partial charge in [0.25, 0.3) is 5.91 Å². The van der Waals surface area contributed by atoms with Crippen molar-refractivity contribution >= 4 is 11.6 Å². The third-order valence-electron chi connectivity index (χ3n) is 7.08. The Bertz CT molecular complexity index is 651. The van der Waals surface area contributed by atoms with Crippen molar-refractivity contribution in [1.29, 1.82) is 0 Å². The molecule has 4 rings (SSSR count). The van der Waals surface area contributed by atoms with Crippen molar-refractivity contribution < 1.29 is 4.79 Å². The topological polar surface area (TPSA) is 26.8 Å². The lowest BCUT2D eigenvalue weighted by Crippen LogP contribution is -2.48. The minimum absolute atomic E-state index is 0.262. The molecule has 3 fully saturated rings. The molecule has 0 aromatic heterocycles. The Labute approximate surface area is 170 Å². The molecule has 4 nitrogen and oxygen atoms in total. The lowest BCUT2D eigenvalue weighted by molar-refractivity contribution is 0.0593. The maximum absolute atomic E-state index is 13.3. The van der Waals surface area contributed by atoms with E-state index in [0.29, 0.717) is 18.1 Å². The van der Waals surface area contributed by atoms with Crippen LogP contribution in [0.15, 0.2) is 24.3 Å². The lowest BCUT2D eigenvalue weighted by atomic mass is 9.86. The Morgan fingerprint density at radius 2 is 1.43 bits per heavy atom. The number of carbonyl (C=O) groups is 1. The number of anilines is 1. The summed E-state index contributed by atoms with van der Waals surface area (Å²) in [6, 6.07) is 10.0. The molecule has 1 amide bonds. The van der Waals surface area contributed by atoms with E-state index < -0.39 is 0 Å². The van der Waals surface area contributed by atoms with Crippen LogP contribution in [0.2, 0.25) is 0 Å². The first-order chi connectivity index (χ1) is 13.5. The van der Waals surface area contributed by atoms with Gasteiger partial charge >= 0.3 is 0 Å². The van der Waals surface area contributed by atoms with Gasteiger partial charge in [0, 0.05) is 55.6 Å². The van der Waals surface area contributed by atoms with E-state index in [1.54, 1.807) is 0 Å². The van der Waals surface area contributed by atoms with Gasteiger partial charge in [-0.2, -0.15) is 0 Å². The molecular weight excluding hydrogens is 346 g/mol. The molecule has 1 saturated heterocycles. The smallest absolute Gasteiger partial charge is 0.254 e. The molecule has 4 heteroatoms. The molecule has 1 aromatic carbocycles. The van der Waals surface area contributed by atoms with Gasteiger partial charge in [-0.25, -0.2) is 0 Å². The summed E-state index contributed by atoms with van der Waals surface area (Å²) < 4.78 is 0. The van der Waals surface area contributed by atoms with E-state index in [0.717, 1.165) is 37.7 Å². The van der Waals surface area contributed by atoms with Crippen LogP contribution in [-0.2, 0) is 0 Å². The van der Waals surface area contributed by atoms with Crippen molar-refractivity contribution in [2.75, 3.05) is 31.1 Å². The number of carbonyl (C=O) groups excluding carboxylic acids is 1. The summed E-state index contributed by atoms with van der Waals surface area (Å²) in [4.78, 5) is 20.6. The Morgan fingerprint density at radius 1 is 0.893 bits per heavy atom. The van der Waals surface area contributed by atoms with Gasteiger partial charge in [0.2, 0.25) is 0 Å². The molecule has 0 unspecified atom stereocenters. The Kier molecular flexibility index (Phi) is 5.96. The molecule has 1 aromatic rings. The molecule has 2 saturated carbocycles. The molecule has 0 N–H and O–H groups in total. The average Bonchev–Trinajstić information content (AvgIpc) is 3.55. The maximum Gasteiger partial charge on any atom is 0.254 e. The van der Waals surface area contributed by atoms with Gasteiger partial charge in [-0.3, -0.25) is 9.69 Å². The fourth-order valence-electron chi connectivity index (χ4n) is 4.96. The summed E-state index contributed by atoms with van der Waals surface area (Å²) in [5.41, 5.74) is 2.12. The molecular formula is C24H37N3O. The Balaban J connectivity index is 1.40. The highest BCUT2D eigenvalue weighted by Gasteiger charge is 2.38. The normalized spacial score (nSPS) is 26.5. The molecule has 154 valence electrons. The van der Waals surface area contributed by atoms with Crippen LogP contribution in [0.25, 0.3) is 0 Å². The van der Waals surface area contributed by atoms with E-state index in [-0.39, 0.29) is 5.91 Å². The minimum Gasteiger partial charge on any atom is -0.369 e. The average molecular weight is 384 g/mol. The second-order valence-electron chi connectivity index (χ2n) is 9.52. The number of hydrogen-bond donors (Lipinski definition) is 0. The van der Waals surface area contributed by atoms with Crippen molar-refractivity contribution in [3.63, 3.8) is 0 Å². The van der Waals surface area contributed by atoms with Crippen LogP contribution in [0.5, 0.6) is 0 Å². The maximum atomic E-state index is 13.3. The van der Waals surface area contributed by atoms with Gasteiger partial charge in [0.05, 0.1) is 0 Å². The zero-order valence-electron chi connectivity index (χ0n) is 17.9. The number of piperazine rings is 1. The molecule has 2 aliphatic carbocycles. The van der Waals surface area contributed by atoms with Crippen molar-refractivity contribution in [3.8, 4) is 0 Å². The zero-order valence-corrected chi connectivity index (χ0v) is 17.9. The number of amides is 1. The minimum atomic E-state index is 0.262. The number of benzene rings is 1. The van der Waals surface area contributed by atoms with Gasteiger partial charge < -0.3 is 9.80 Å². The second kappa shape index (κ2) is 8.44. The monoisotopic (exact) mass is 383 g/mol. The van der Waals surface area contributed by atoms with Crippen molar-refractivity contribution in [2.45, 2.75) is 77.4 Å². The SMILES string of the molecule is CC1CCC(N(C(=O)c2ccc(N3CCN(C(C)C)CC3)cc2)C2CC2)CC1. The van der Waals surface area contributed by atoms with Crippen molar-refractivity contribution in [1.82, 2.24) is 9.80 Å². The molecule has 0 atom stereocenters. The van der Waals surface area contributed by atoms with E-state index >= 15 is 0 Å². The van der Waals surface area contributed by atoms with Gasteiger partial charge in [-0.15, -0.1) is 0 Å². The predicted molar refractivity (Wildman–Crippen MR) is 116 cm³/mol. The zero-order chi connectivity index (χ0) is 19.7. The van der Waals surface area contributed by atoms with Crippen molar-refractivity contribution in [2.24, 2.45) is 5.92 Å². The molecule has 28 heavy (non-hydrogen) atoms. The quantitative estimate of drug-likeness (QED) is 0.754. The number of hydrogen-bond acceptors (Lipinski definition) is 3. The van der Waals surface area contributed by atoms with E-state index in [1.165, 1.54) is 44.2 Å². The third kappa shape index (κ3) is 4.37. The first-order valence-electron chi connectivity index (χ1n) is 11.4. The molecule has 3 aliphatic rings. The van der Waals surface area contributed by atoms with Crippen molar-refractivity contribution in [3.05, 3.63) is 29.8 Å². The summed E-state index contributed by atoms with van der Waals surface area (Å²) in [5, 5.41) is 0.